The number of hydrogen-bond donors (Lipinski definition) is 1. The molecule has 4 heteroatoms. The van der Waals surface area contributed by atoms with Gasteiger partial charge in [-0.2, -0.15) is 0 Å². The molecule has 0 saturated carbocycles. The van der Waals surface area contributed by atoms with E-state index in [1.807, 2.05) is 81.4 Å². The fourth-order valence-electron chi connectivity index (χ4n) is 2.30. The molecule has 0 aromatic heterocycles. The van der Waals surface area contributed by atoms with Crippen LogP contribution in [0.4, 0.5) is 0 Å². The average Bonchev–Trinajstić information content (AvgIpc) is 2.58. The maximum atomic E-state index is 12.5. The molecule has 0 spiro atoms. The highest BCUT2D eigenvalue weighted by Gasteiger charge is 2.29. The van der Waals surface area contributed by atoms with Gasteiger partial charge in [0, 0.05) is 11.4 Å². The van der Waals surface area contributed by atoms with Crippen LogP contribution in [0, 0.1) is 0 Å². The quantitative estimate of drug-likeness (QED) is 0.498. The van der Waals surface area contributed by atoms with Gasteiger partial charge in [0.2, 0.25) is 0 Å². The molecule has 0 radical (unpaired) electrons. The van der Waals surface area contributed by atoms with Gasteiger partial charge < -0.3 is 9.29 Å². The Balaban J connectivity index is 2.18. The van der Waals surface area contributed by atoms with E-state index < -0.39 is 11.4 Å². The molecule has 2 atom stereocenters. The van der Waals surface area contributed by atoms with Gasteiger partial charge in [-0.15, -0.1) is 11.3 Å². The Bertz CT molecular complexity index is 667. The van der Waals surface area contributed by atoms with Crippen molar-refractivity contribution in [2.24, 2.45) is 0 Å². The molecule has 1 unspecified atom stereocenters. The average molecular weight is 358 g/mol. The topological polar surface area (TPSA) is 44.3 Å². The Hall–Kier alpha value is -1.75. The van der Waals surface area contributed by atoms with E-state index >= 15 is 0 Å². The molecule has 0 saturated heterocycles. The van der Waals surface area contributed by atoms with Gasteiger partial charge in [-0.25, -0.2) is 0 Å². The van der Waals surface area contributed by atoms with E-state index in [1.165, 1.54) is 0 Å². The van der Waals surface area contributed by atoms with Crippen LogP contribution in [0.5, 0.6) is 11.5 Å². The van der Waals surface area contributed by atoms with Crippen molar-refractivity contribution in [3.8, 4) is 11.5 Å². The minimum atomic E-state index is -1.14. The first kappa shape index (κ1) is 19.6. The van der Waals surface area contributed by atoms with Crippen LogP contribution >= 0.6 is 0 Å². The van der Waals surface area contributed by atoms with Gasteiger partial charge in [0.25, 0.3) is 0 Å². The molecule has 3 nitrogen and oxygen atoms in total. The second-order valence-electron chi connectivity index (χ2n) is 6.91. The van der Waals surface area contributed by atoms with Crippen LogP contribution in [0.25, 0.3) is 0 Å². The summed E-state index contributed by atoms with van der Waals surface area (Å²) in [5.74, 6) is 1.57. The molecule has 2 rings (SSSR count). The molecule has 0 aliphatic rings. The summed E-state index contributed by atoms with van der Waals surface area (Å²) in [5, 5.41) is 0. The van der Waals surface area contributed by atoms with Gasteiger partial charge in [0.05, 0.1) is 6.04 Å². The standard InChI is InChI=1S/C21H27NO2S/c1-5-6-15-20(22-25(23)21(2,3)4)17-11-10-14-19(16-17)24-18-12-8-7-9-13-18/h5,7-14,16,20,22H,1,6,15H2,2-4H3/t20-,25?/m0/s1. The van der Waals surface area contributed by atoms with Gasteiger partial charge in [0.1, 0.15) is 16.2 Å². The summed E-state index contributed by atoms with van der Waals surface area (Å²) in [7, 11) is 0. The lowest BCUT2D eigenvalue weighted by Crippen LogP contribution is -2.41. The predicted molar refractivity (Wildman–Crippen MR) is 106 cm³/mol. The maximum Gasteiger partial charge on any atom is 0.136 e. The van der Waals surface area contributed by atoms with Crippen LogP contribution in [0.2, 0.25) is 0 Å². The first-order valence-corrected chi connectivity index (χ1v) is 9.67. The van der Waals surface area contributed by atoms with Crippen LogP contribution in [0.15, 0.2) is 67.3 Å². The van der Waals surface area contributed by atoms with Crippen molar-refractivity contribution in [3.05, 3.63) is 72.8 Å². The second-order valence-corrected chi connectivity index (χ2v) is 8.90. The van der Waals surface area contributed by atoms with Crippen molar-refractivity contribution in [3.63, 3.8) is 0 Å². The Morgan fingerprint density at radius 1 is 1.12 bits per heavy atom. The summed E-state index contributed by atoms with van der Waals surface area (Å²) < 4.78 is 21.4. The number of ether oxygens (including phenoxy) is 1. The molecule has 0 amide bonds. The van der Waals surface area contributed by atoms with Crippen molar-refractivity contribution < 1.29 is 9.29 Å². The van der Waals surface area contributed by atoms with E-state index in [4.69, 9.17) is 4.74 Å². The van der Waals surface area contributed by atoms with E-state index in [0.717, 1.165) is 29.9 Å². The molecular weight excluding hydrogens is 330 g/mol. The fraction of sp³-hybridized carbons (Fsp3) is 0.333. The number of para-hydroxylation sites is 1. The SMILES string of the molecule is C=CCC[C@H](N[S+]([O-])C(C)(C)C)c1cccc(Oc2ccccc2)c1. The van der Waals surface area contributed by atoms with Crippen LogP contribution in [0.3, 0.4) is 0 Å². The minimum Gasteiger partial charge on any atom is -0.598 e. The second kappa shape index (κ2) is 9.09. The predicted octanol–water partition coefficient (Wildman–Crippen LogP) is 5.54. The normalized spacial score (nSPS) is 13.9. The Morgan fingerprint density at radius 2 is 1.80 bits per heavy atom. The van der Waals surface area contributed by atoms with E-state index in [0.29, 0.717) is 0 Å². The fourth-order valence-corrected chi connectivity index (χ4v) is 3.17. The van der Waals surface area contributed by atoms with Gasteiger partial charge in [-0.3, -0.25) is 0 Å². The van der Waals surface area contributed by atoms with E-state index in [1.54, 1.807) is 0 Å². The van der Waals surface area contributed by atoms with E-state index in [9.17, 15) is 4.55 Å². The molecule has 0 bridgehead atoms. The van der Waals surface area contributed by atoms with Crippen molar-refractivity contribution in [2.75, 3.05) is 0 Å². The lowest BCUT2D eigenvalue weighted by atomic mass is 10.0. The molecule has 2 aromatic carbocycles. The van der Waals surface area contributed by atoms with Crippen LogP contribution < -0.4 is 9.46 Å². The van der Waals surface area contributed by atoms with Crippen molar-refractivity contribution in [1.82, 2.24) is 4.72 Å². The molecule has 134 valence electrons. The summed E-state index contributed by atoms with van der Waals surface area (Å²) in [4.78, 5) is 0. The van der Waals surface area contributed by atoms with Crippen LogP contribution in [-0.2, 0) is 11.4 Å². The molecule has 0 aliphatic carbocycles. The third kappa shape index (κ3) is 6.24. The first-order chi connectivity index (χ1) is 11.9. The summed E-state index contributed by atoms with van der Waals surface area (Å²) in [6.45, 7) is 9.70. The molecule has 1 N–H and O–H groups in total. The van der Waals surface area contributed by atoms with Gasteiger partial charge in [-0.1, -0.05) is 36.4 Å². The zero-order chi connectivity index (χ0) is 18.3. The molecule has 25 heavy (non-hydrogen) atoms. The molecule has 0 fully saturated rings. The summed E-state index contributed by atoms with van der Waals surface area (Å²) >= 11 is -1.14. The van der Waals surface area contributed by atoms with Gasteiger partial charge in [-0.05, 0) is 63.4 Å². The zero-order valence-electron chi connectivity index (χ0n) is 15.2. The zero-order valence-corrected chi connectivity index (χ0v) is 16.0. The van der Waals surface area contributed by atoms with Crippen LogP contribution in [-0.4, -0.2) is 9.30 Å². The third-order valence-electron chi connectivity index (χ3n) is 3.70. The lowest BCUT2D eigenvalue weighted by molar-refractivity contribution is 0.478. The number of allylic oxidation sites excluding steroid dienone is 1. The first-order valence-electron chi connectivity index (χ1n) is 8.52. The lowest BCUT2D eigenvalue weighted by Gasteiger charge is -2.28. The summed E-state index contributed by atoms with van der Waals surface area (Å²) in [6.07, 6.45) is 3.57. The molecule has 0 aliphatic heterocycles. The number of rotatable bonds is 8. The van der Waals surface area contributed by atoms with E-state index in [2.05, 4.69) is 11.3 Å². The Morgan fingerprint density at radius 3 is 2.44 bits per heavy atom. The number of nitrogens with one attached hydrogen (secondary N) is 1. The van der Waals surface area contributed by atoms with Crippen molar-refractivity contribution in [2.45, 2.75) is 44.4 Å². The summed E-state index contributed by atoms with van der Waals surface area (Å²) in [6, 6.07) is 17.6. The Labute approximate surface area is 154 Å². The third-order valence-corrected chi connectivity index (χ3v) is 5.32. The largest absolute Gasteiger partial charge is 0.598 e. The smallest absolute Gasteiger partial charge is 0.136 e. The minimum absolute atomic E-state index is 0.0163. The molecule has 2 aromatic rings. The van der Waals surface area contributed by atoms with Crippen molar-refractivity contribution in [1.29, 1.82) is 0 Å². The number of benzene rings is 2. The highest BCUT2D eigenvalue weighted by atomic mass is 32.2. The maximum absolute atomic E-state index is 12.5. The monoisotopic (exact) mass is 357 g/mol. The number of hydrogen-bond acceptors (Lipinski definition) is 3. The molecule has 0 heterocycles. The highest BCUT2D eigenvalue weighted by Crippen LogP contribution is 2.28. The van der Waals surface area contributed by atoms with Gasteiger partial charge in [0.15, 0.2) is 0 Å². The van der Waals surface area contributed by atoms with E-state index in [-0.39, 0.29) is 10.8 Å². The highest BCUT2D eigenvalue weighted by molar-refractivity contribution is 7.90. The van der Waals surface area contributed by atoms with Crippen LogP contribution in [0.1, 0.15) is 45.2 Å². The van der Waals surface area contributed by atoms with Crippen molar-refractivity contribution >= 4 is 11.4 Å². The molecular formula is C21H27NO2S. The Kier molecular flexibility index (Phi) is 7.12. The van der Waals surface area contributed by atoms with Gasteiger partial charge >= 0.3 is 0 Å². The summed E-state index contributed by atoms with van der Waals surface area (Å²) in [5.41, 5.74) is 1.06.